The van der Waals surface area contributed by atoms with E-state index in [1.807, 2.05) is 22.5 Å². The van der Waals surface area contributed by atoms with Gasteiger partial charge in [0.15, 0.2) is 0 Å². The van der Waals surface area contributed by atoms with E-state index in [-0.39, 0.29) is 0 Å². The highest BCUT2D eigenvalue weighted by Crippen LogP contribution is 2.31. The number of hydrogen-bond donors (Lipinski definition) is 1. The lowest BCUT2D eigenvalue weighted by Gasteiger charge is -2.09. The first-order valence-electron chi connectivity index (χ1n) is 6.71. The van der Waals surface area contributed by atoms with Gasteiger partial charge < -0.3 is 5.73 Å². The Kier molecular flexibility index (Phi) is 2.53. The summed E-state index contributed by atoms with van der Waals surface area (Å²) in [6.45, 7) is 4.21. The lowest BCUT2D eigenvalue weighted by atomic mass is 10.1. The van der Waals surface area contributed by atoms with Crippen molar-refractivity contribution in [1.29, 1.82) is 0 Å². The fraction of sp³-hybridized carbons (Fsp3) is 0.125. The average Bonchev–Trinajstić information content (AvgIpc) is 3.08. The number of hydrogen-bond acceptors (Lipinski definition) is 4. The van der Waals surface area contributed by atoms with Crippen LogP contribution in [0.3, 0.4) is 0 Å². The average molecular weight is 294 g/mol. The number of aryl methyl sites for hydroxylation is 2. The second kappa shape index (κ2) is 4.30. The second-order valence-corrected chi connectivity index (χ2v) is 6.12. The zero-order chi connectivity index (χ0) is 14.6. The Morgan fingerprint density at radius 1 is 1.10 bits per heavy atom. The van der Waals surface area contributed by atoms with Crippen LogP contribution in [0.4, 0.5) is 5.69 Å². The van der Waals surface area contributed by atoms with E-state index in [0.717, 1.165) is 26.9 Å². The number of rotatable bonds is 1. The predicted molar refractivity (Wildman–Crippen MR) is 88.1 cm³/mol. The summed E-state index contributed by atoms with van der Waals surface area (Å²) in [7, 11) is 0. The highest BCUT2D eigenvalue weighted by atomic mass is 32.1. The summed E-state index contributed by atoms with van der Waals surface area (Å²) in [6.07, 6.45) is 1.83. The molecule has 0 amide bonds. The Balaban J connectivity index is 2.04. The largest absolute Gasteiger partial charge is 0.395 e. The first kappa shape index (κ1) is 12.3. The molecule has 0 saturated heterocycles. The van der Waals surface area contributed by atoms with Gasteiger partial charge in [-0.15, -0.1) is 11.3 Å². The van der Waals surface area contributed by atoms with E-state index >= 15 is 0 Å². The molecule has 5 heteroatoms. The van der Waals surface area contributed by atoms with Crippen molar-refractivity contribution in [3.63, 3.8) is 0 Å². The molecule has 0 aliphatic carbocycles. The van der Waals surface area contributed by atoms with Gasteiger partial charge in [-0.25, -0.2) is 9.97 Å². The molecule has 0 aliphatic rings. The first-order valence-corrected chi connectivity index (χ1v) is 7.59. The number of benzene rings is 2. The number of thiazole rings is 1. The van der Waals surface area contributed by atoms with E-state index in [4.69, 9.17) is 5.73 Å². The summed E-state index contributed by atoms with van der Waals surface area (Å²) in [5.41, 5.74) is 15.2. The van der Waals surface area contributed by atoms with Crippen molar-refractivity contribution in [1.82, 2.24) is 14.5 Å². The zero-order valence-corrected chi connectivity index (χ0v) is 12.6. The van der Waals surface area contributed by atoms with Gasteiger partial charge in [-0.3, -0.25) is 4.57 Å². The maximum Gasteiger partial charge on any atom is 0.106 e. The van der Waals surface area contributed by atoms with Crippen LogP contribution in [-0.2, 0) is 0 Å². The molecule has 4 aromatic rings. The molecule has 0 spiro atoms. The molecule has 0 aliphatic heterocycles. The molecule has 4 nitrogen and oxygen atoms in total. The van der Waals surface area contributed by atoms with Gasteiger partial charge in [-0.05, 0) is 49.2 Å². The molecule has 0 unspecified atom stereocenters. The van der Waals surface area contributed by atoms with Gasteiger partial charge in [0, 0.05) is 0 Å². The van der Waals surface area contributed by atoms with Crippen LogP contribution < -0.4 is 5.73 Å². The van der Waals surface area contributed by atoms with Crippen molar-refractivity contribution in [3.05, 3.63) is 47.2 Å². The smallest absolute Gasteiger partial charge is 0.106 e. The van der Waals surface area contributed by atoms with Gasteiger partial charge >= 0.3 is 0 Å². The van der Waals surface area contributed by atoms with Crippen molar-refractivity contribution in [2.75, 3.05) is 5.73 Å². The standard InChI is InChI=1S/C16H14N4S/c1-9-5-11-13(6-10(9)2)20(7-18-11)12-3-4-14-16(15(12)17)19-8-21-14/h3-8H,17H2,1-2H3. The summed E-state index contributed by atoms with van der Waals surface area (Å²) in [6, 6.07) is 8.36. The Morgan fingerprint density at radius 3 is 2.76 bits per heavy atom. The number of nitrogens with zero attached hydrogens (tertiary/aromatic N) is 3. The van der Waals surface area contributed by atoms with Gasteiger partial charge in [-0.1, -0.05) is 0 Å². The van der Waals surface area contributed by atoms with Crippen LogP contribution in [0.5, 0.6) is 0 Å². The van der Waals surface area contributed by atoms with Gasteiger partial charge in [0.2, 0.25) is 0 Å². The van der Waals surface area contributed by atoms with Crippen molar-refractivity contribution in [2.24, 2.45) is 0 Å². The minimum atomic E-state index is 0.700. The molecule has 21 heavy (non-hydrogen) atoms. The van der Waals surface area contributed by atoms with Crippen LogP contribution in [0.15, 0.2) is 36.1 Å². The van der Waals surface area contributed by atoms with Crippen LogP contribution in [0.1, 0.15) is 11.1 Å². The maximum absolute atomic E-state index is 6.31. The third kappa shape index (κ3) is 1.74. The highest BCUT2D eigenvalue weighted by Gasteiger charge is 2.12. The van der Waals surface area contributed by atoms with E-state index in [2.05, 4.69) is 42.0 Å². The monoisotopic (exact) mass is 294 g/mol. The summed E-state index contributed by atoms with van der Waals surface area (Å²) in [4.78, 5) is 8.86. The lowest BCUT2D eigenvalue weighted by Crippen LogP contribution is -1.99. The molecule has 2 aromatic carbocycles. The minimum Gasteiger partial charge on any atom is -0.395 e. The van der Waals surface area contributed by atoms with E-state index in [1.165, 1.54) is 11.1 Å². The molecule has 0 radical (unpaired) electrons. The first-order chi connectivity index (χ1) is 10.1. The van der Waals surface area contributed by atoms with Gasteiger partial charge in [0.25, 0.3) is 0 Å². The number of aromatic nitrogens is 3. The SMILES string of the molecule is Cc1cc2ncn(-c3ccc4scnc4c3N)c2cc1C. The number of fused-ring (bicyclic) bond motifs is 2. The lowest BCUT2D eigenvalue weighted by molar-refractivity contribution is 1.10. The molecule has 0 bridgehead atoms. The molecule has 2 heterocycles. The molecule has 0 fully saturated rings. The van der Waals surface area contributed by atoms with Crippen molar-refractivity contribution in [3.8, 4) is 5.69 Å². The second-order valence-electron chi connectivity index (χ2n) is 5.24. The molecular formula is C16H14N4S. The van der Waals surface area contributed by atoms with Crippen molar-refractivity contribution in [2.45, 2.75) is 13.8 Å². The van der Waals surface area contributed by atoms with Crippen LogP contribution in [0.25, 0.3) is 26.9 Å². The van der Waals surface area contributed by atoms with Crippen LogP contribution in [-0.4, -0.2) is 14.5 Å². The zero-order valence-electron chi connectivity index (χ0n) is 11.8. The quantitative estimate of drug-likeness (QED) is 0.543. The number of nitrogen functional groups attached to an aromatic ring is 1. The van der Waals surface area contributed by atoms with Crippen LogP contribution >= 0.6 is 11.3 Å². The van der Waals surface area contributed by atoms with Gasteiger partial charge in [0.05, 0.1) is 32.6 Å². The van der Waals surface area contributed by atoms with E-state index in [9.17, 15) is 0 Å². The van der Waals surface area contributed by atoms with E-state index in [1.54, 1.807) is 11.3 Å². The number of anilines is 1. The summed E-state index contributed by atoms with van der Waals surface area (Å²) in [5, 5.41) is 0. The fourth-order valence-electron chi connectivity index (χ4n) is 2.61. The Bertz CT molecular complexity index is 981. The molecular weight excluding hydrogens is 280 g/mol. The Hall–Kier alpha value is -2.40. The van der Waals surface area contributed by atoms with Gasteiger partial charge in [-0.2, -0.15) is 0 Å². The predicted octanol–water partition coefficient (Wildman–Crippen LogP) is 3.83. The molecule has 0 atom stereocenters. The molecule has 0 saturated carbocycles. The van der Waals surface area contributed by atoms with Crippen molar-refractivity contribution >= 4 is 38.3 Å². The third-order valence-electron chi connectivity index (χ3n) is 3.94. The van der Waals surface area contributed by atoms with Gasteiger partial charge in [0.1, 0.15) is 11.8 Å². The summed E-state index contributed by atoms with van der Waals surface area (Å²) < 4.78 is 3.14. The normalized spacial score (nSPS) is 11.5. The molecule has 2 N–H and O–H groups in total. The summed E-state index contributed by atoms with van der Waals surface area (Å²) in [5.74, 6) is 0. The summed E-state index contributed by atoms with van der Waals surface area (Å²) >= 11 is 1.60. The van der Waals surface area contributed by atoms with E-state index in [0.29, 0.717) is 5.69 Å². The molecule has 4 rings (SSSR count). The highest BCUT2D eigenvalue weighted by molar-refractivity contribution is 7.16. The minimum absolute atomic E-state index is 0.700. The fourth-order valence-corrected chi connectivity index (χ4v) is 3.30. The van der Waals surface area contributed by atoms with Crippen LogP contribution in [0.2, 0.25) is 0 Å². The topological polar surface area (TPSA) is 56.7 Å². The van der Waals surface area contributed by atoms with Crippen molar-refractivity contribution < 1.29 is 0 Å². The third-order valence-corrected chi connectivity index (χ3v) is 4.73. The molecule has 2 aromatic heterocycles. The van der Waals surface area contributed by atoms with E-state index < -0.39 is 0 Å². The maximum atomic E-state index is 6.31. The Labute approximate surface area is 125 Å². The Morgan fingerprint density at radius 2 is 1.90 bits per heavy atom. The van der Waals surface area contributed by atoms with Crippen LogP contribution in [0, 0.1) is 13.8 Å². The number of imidazole rings is 1. The molecule has 104 valence electrons. The number of nitrogens with two attached hydrogens (primary N) is 1.